The Bertz CT molecular complexity index is 943. The Morgan fingerprint density at radius 1 is 1.12 bits per heavy atom. The molecule has 1 N–H and O–H groups in total. The number of aryl methyl sites for hydroxylation is 2. The van der Waals surface area contributed by atoms with Crippen LogP contribution in [0, 0.1) is 0 Å². The lowest BCUT2D eigenvalue weighted by Gasteiger charge is -2.14. The maximum absolute atomic E-state index is 12.7. The fourth-order valence-corrected chi connectivity index (χ4v) is 3.17. The number of carbonyl (C=O) groups is 1. The van der Waals surface area contributed by atoms with Crippen molar-refractivity contribution >= 4 is 16.9 Å². The first-order valence-corrected chi connectivity index (χ1v) is 8.99. The van der Waals surface area contributed by atoms with E-state index >= 15 is 0 Å². The summed E-state index contributed by atoms with van der Waals surface area (Å²) < 4.78 is 3.48. The quantitative estimate of drug-likeness (QED) is 0.711. The molecule has 6 nitrogen and oxygen atoms in total. The zero-order valence-electron chi connectivity index (χ0n) is 15.2. The van der Waals surface area contributed by atoms with Crippen LogP contribution in [0.25, 0.3) is 11.0 Å². The summed E-state index contributed by atoms with van der Waals surface area (Å²) in [6.45, 7) is 5.01. The van der Waals surface area contributed by atoms with E-state index in [9.17, 15) is 9.59 Å². The van der Waals surface area contributed by atoms with Crippen LogP contribution in [-0.2, 0) is 17.9 Å². The lowest BCUT2D eigenvalue weighted by molar-refractivity contribution is -0.121. The average Bonchev–Trinajstić information content (AvgIpc) is 2.93. The number of hydrogen-bond donors (Lipinski definition) is 1. The number of amides is 1. The molecule has 0 saturated heterocycles. The van der Waals surface area contributed by atoms with Gasteiger partial charge in [0.05, 0.1) is 17.1 Å². The molecule has 136 valence electrons. The van der Waals surface area contributed by atoms with Crippen molar-refractivity contribution in [1.82, 2.24) is 19.4 Å². The largest absolute Gasteiger partial charge is 0.349 e. The maximum Gasteiger partial charge on any atom is 0.329 e. The Kier molecular flexibility index (Phi) is 5.51. The highest BCUT2D eigenvalue weighted by atomic mass is 16.2. The molecule has 0 fully saturated rings. The highest BCUT2D eigenvalue weighted by Gasteiger charge is 2.14. The van der Waals surface area contributed by atoms with Crippen LogP contribution in [0.3, 0.4) is 0 Å². The second-order valence-electron chi connectivity index (χ2n) is 6.40. The number of para-hydroxylation sites is 2. The number of carbonyl (C=O) groups excluding carboxylic acids is 1. The lowest BCUT2D eigenvalue weighted by Crippen LogP contribution is -2.30. The molecule has 0 bridgehead atoms. The number of aromatic nitrogens is 3. The van der Waals surface area contributed by atoms with Crippen molar-refractivity contribution in [1.29, 1.82) is 0 Å². The molecular weight excluding hydrogens is 328 g/mol. The zero-order valence-corrected chi connectivity index (χ0v) is 15.2. The Balaban J connectivity index is 1.72. The Morgan fingerprint density at radius 3 is 2.42 bits per heavy atom. The third-order valence-corrected chi connectivity index (χ3v) is 4.50. The molecule has 0 aliphatic carbocycles. The molecule has 1 atom stereocenters. The molecule has 0 spiro atoms. The normalized spacial score (nSPS) is 12.2. The second kappa shape index (κ2) is 7.99. The van der Waals surface area contributed by atoms with E-state index in [0.29, 0.717) is 13.1 Å². The summed E-state index contributed by atoms with van der Waals surface area (Å²) in [5.74, 6) is -0.0828. The number of benzene rings is 1. The summed E-state index contributed by atoms with van der Waals surface area (Å²) in [6, 6.07) is 11.4. The molecule has 1 unspecified atom stereocenters. The van der Waals surface area contributed by atoms with Crippen LogP contribution in [-0.4, -0.2) is 20.0 Å². The van der Waals surface area contributed by atoms with Gasteiger partial charge >= 0.3 is 5.69 Å². The topological polar surface area (TPSA) is 68.9 Å². The molecule has 1 aromatic carbocycles. The number of rotatable bonds is 7. The summed E-state index contributed by atoms with van der Waals surface area (Å²) in [5, 5.41) is 2.96. The number of pyridine rings is 1. The highest BCUT2D eigenvalue weighted by Crippen LogP contribution is 2.14. The van der Waals surface area contributed by atoms with E-state index in [4.69, 9.17) is 0 Å². The molecule has 0 aliphatic rings. The van der Waals surface area contributed by atoms with Crippen molar-refractivity contribution in [3.8, 4) is 0 Å². The third kappa shape index (κ3) is 3.69. The molecule has 3 aromatic rings. The fraction of sp³-hybridized carbons (Fsp3) is 0.350. The summed E-state index contributed by atoms with van der Waals surface area (Å²) in [7, 11) is 0. The number of hydrogen-bond acceptors (Lipinski definition) is 3. The van der Waals surface area contributed by atoms with Gasteiger partial charge in [-0.2, -0.15) is 0 Å². The van der Waals surface area contributed by atoms with Gasteiger partial charge in [0.1, 0.15) is 0 Å². The van der Waals surface area contributed by atoms with Crippen LogP contribution in [0.2, 0.25) is 0 Å². The van der Waals surface area contributed by atoms with Crippen molar-refractivity contribution in [2.75, 3.05) is 0 Å². The monoisotopic (exact) mass is 352 g/mol. The van der Waals surface area contributed by atoms with E-state index in [1.807, 2.05) is 50.2 Å². The van der Waals surface area contributed by atoms with Gasteiger partial charge in [0, 0.05) is 31.9 Å². The summed E-state index contributed by atoms with van der Waals surface area (Å²) >= 11 is 0. The van der Waals surface area contributed by atoms with Crippen LogP contribution in [0.4, 0.5) is 0 Å². The van der Waals surface area contributed by atoms with Gasteiger partial charge in [0.15, 0.2) is 0 Å². The predicted octanol–water partition coefficient (Wildman–Crippen LogP) is 2.88. The standard InChI is InChI=1S/C20H24N4O2/c1-3-12-23-17-8-4-5-9-18(17)24(20(23)26)13-10-19(25)22-15(2)16-7-6-11-21-14-16/h4-9,11,14-15H,3,10,12-13H2,1-2H3,(H,22,25). The van der Waals surface area contributed by atoms with Gasteiger partial charge in [-0.15, -0.1) is 0 Å². The molecule has 1 amide bonds. The summed E-state index contributed by atoms with van der Waals surface area (Å²) in [6.07, 6.45) is 4.59. The summed E-state index contributed by atoms with van der Waals surface area (Å²) in [5.41, 5.74) is 2.70. The van der Waals surface area contributed by atoms with E-state index in [0.717, 1.165) is 23.0 Å². The number of nitrogens with zero attached hydrogens (tertiary/aromatic N) is 3. The Labute approximate surface area is 152 Å². The van der Waals surface area contributed by atoms with Gasteiger partial charge in [-0.1, -0.05) is 25.1 Å². The van der Waals surface area contributed by atoms with Gasteiger partial charge < -0.3 is 5.32 Å². The van der Waals surface area contributed by atoms with E-state index in [2.05, 4.69) is 10.3 Å². The van der Waals surface area contributed by atoms with Crippen LogP contribution in [0.5, 0.6) is 0 Å². The Morgan fingerprint density at radius 2 is 1.81 bits per heavy atom. The van der Waals surface area contributed by atoms with Gasteiger partial charge in [0.2, 0.25) is 5.91 Å². The minimum absolute atomic E-state index is 0.0545. The molecule has 6 heteroatoms. The molecule has 2 heterocycles. The van der Waals surface area contributed by atoms with E-state index in [1.54, 1.807) is 21.5 Å². The van der Waals surface area contributed by atoms with Crippen molar-refractivity contribution in [3.05, 3.63) is 64.8 Å². The average molecular weight is 352 g/mol. The zero-order chi connectivity index (χ0) is 18.5. The first kappa shape index (κ1) is 17.9. The van der Waals surface area contributed by atoms with Crippen LogP contribution < -0.4 is 11.0 Å². The molecule has 26 heavy (non-hydrogen) atoms. The van der Waals surface area contributed by atoms with Crippen LogP contribution >= 0.6 is 0 Å². The molecule has 0 radical (unpaired) electrons. The number of fused-ring (bicyclic) bond motifs is 1. The molecule has 2 aromatic heterocycles. The lowest BCUT2D eigenvalue weighted by atomic mass is 10.1. The highest BCUT2D eigenvalue weighted by molar-refractivity contribution is 5.78. The molecular formula is C20H24N4O2. The van der Waals surface area contributed by atoms with Crippen molar-refractivity contribution < 1.29 is 4.79 Å². The minimum Gasteiger partial charge on any atom is -0.349 e. The molecule has 0 saturated carbocycles. The van der Waals surface area contributed by atoms with Gasteiger partial charge in [-0.05, 0) is 37.1 Å². The van der Waals surface area contributed by atoms with E-state index in [1.165, 1.54) is 0 Å². The van der Waals surface area contributed by atoms with Crippen molar-refractivity contribution in [2.24, 2.45) is 0 Å². The smallest absolute Gasteiger partial charge is 0.329 e. The molecule has 0 aliphatic heterocycles. The fourth-order valence-electron chi connectivity index (χ4n) is 3.17. The number of imidazole rings is 1. The van der Waals surface area contributed by atoms with Crippen molar-refractivity contribution in [2.45, 2.75) is 45.8 Å². The van der Waals surface area contributed by atoms with Gasteiger partial charge in [-0.3, -0.25) is 18.9 Å². The number of nitrogens with one attached hydrogen (secondary N) is 1. The molecule has 3 rings (SSSR count). The SMILES string of the molecule is CCCn1c(=O)n(CCC(=O)NC(C)c2cccnc2)c2ccccc21. The van der Waals surface area contributed by atoms with Crippen LogP contribution in [0.1, 0.15) is 38.3 Å². The predicted molar refractivity (Wildman–Crippen MR) is 102 cm³/mol. The van der Waals surface area contributed by atoms with Gasteiger partial charge in [0.25, 0.3) is 0 Å². The second-order valence-corrected chi connectivity index (χ2v) is 6.40. The van der Waals surface area contributed by atoms with E-state index in [-0.39, 0.29) is 24.1 Å². The maximum atomic E-state index is 12.7. The Hall–Kier alpha value is -2.89. The first-order valence-electron chi connectivity index (χ1n) is 8.99. The van der Waals surface area contributed by atoms with Crippen LogP contribution in [0.15, 0.2) is 53.6 Å². The van der Waals surface area contributed by atoms with E-state index < -0.39 is 0 Å². The van der Waals surface area contributed by atoms with Gasteiger partial charge in [-0.25, -0.2) is 4.79 Å². The minimum atomic E-state index is -0.116. The van der Waals surface area contributed by atoms with Crippen molar-refractivity contribution in [3.63, 3.8) is 0 Å². The summed E-state index contributed by atoms with van der Waals surface area (Å²) in [4.78, 5) is 29.1. The third-order valence-electron chi connectivity index (χ3n) is 4.50. The first-order chi connectivity index (χ1) is 12.6.